The van der Waals surface area contributed by atoms with Gasteiger partial charge in [-0.25, -0.2) is 0 Å². The van der Waals surface area contributed by atoms with Gasteiger partial charge in [-0.05, 0) is 128 Å². The van der Waals surface area contributed by atoms with Gasteiger partial charge in [0, 0.05) is 37.2 Å². The standard InChI is InChI=1S/C20H14I3NO2/c1-13(25)26-20-12-18(10-11-19(20)23)24(16-6-2-14(21)3-7-16)17-8-4-15(22)5-9-17/h2-12H,1H3. The van der Waals surface area contributed by atoms with Gasteiger partial charge >= 0.3 is 5.97 Å². The zero-order valence-corrected chi connectivity index (χ0v) is 20.2. The predicted molar refractivity (Wildman–Crippen MR) is 131 cm³/mol. The minimum atomic E-state index is -0.324. The first kappa shape index (κ1) is 19.9. The molecule has 3 aromatic carbocycles. The topological polar surface area (TPSA) is 29.5 Å². The summed E-state index contributed by atoms with van der Waals surface area (Å²) >= 11 is 6.77. The number of benzene rings is 3. The van der Waals surface area contributed by atoms with Crippen LogP contribution in [0.5, 0.6) is 5.75 Å². The number of hydrogen-bond donors (Lipinski definition) is 0. The van der Waals surface area contributed by atoms with Gasteiger partial charge in [0.15, 0.2) is 0 Å². The van der Waals surface area contributed by atoms with Crippen LogP contribution in [-0.4, -0.2) is 5.97 Å². The molecule has 0 amide bonds. The molecule has 6 heteroatoms. The van der Waals surface area contributed by atoms with Crippen molar-refractivity contribution in [3.05, 3.63) is 77.4 Å². The Kier molecular flexibility index (Phi) is 6.78. The first-order valence-corrected chi connectivity index (χ1v) is 11.0. The van der Waals surface area contributed by atoms with Crippen molar-refractivity contribution in [1.29, 1.82) is 0 Å². The molecule has 0 fully saturated rings. The fraction of sp³-hybridized carbons (Fsp3) is 0.0500. The summed E-state index contributed by atoms with van der Waals surface area (Å²) in [5.74, 6) is 0.242. The van der Waals surface area contributed by atoms with Gasteiger partial charge in [-0.15, -0.1) is 0 Å². The minimum Gasteiger partial charge on any atom is -0.426 e. The number of hydrogen-bond acceptors (Lipinski definition) is 3. The summed E-state index contributed by atoms with van der Waals surface area (Å²) in [4.78, 5) is 13.6. The van der Waals surface area contributed by atoms with E-state index in [0.717, 1.165) is 20.6 Å². The van der Waals surface area contributed by atoms with Crippen molar-refractivity contribution in [1.82, 2.24) is 0 Å². The molecule has 132 valence electrons. The second-order valence-corrected chi connectivity index (χ2v) is 9.15. The van der Waals surface area contributed by atoms with Crippen LogP contribution >= 0.6 is 67.8 Å². The van der Waals surface area contributed by atoms with E-state index in [9.17, 15) is 4.79 Å². The fourth-order valence-corrected chi connectivity index (χ4v) is 3.66. The molecule has 0 aromatic heterocycles. The maximum atomic E-state index is 11.4. The number of esters is 1. The molecule has 0 aliphatic carbocycles. The Morgan fingerprint density at radius 2 is 1.23 bits per heavy atom. The number of rotatable bonds is 4. The predicted octanol–water partition coefficient (Wildman–Crippen LogP) is 6.90. The van der Waals surface area contributed by atoms with Crippen molar-refractivity contribution < 1.29 is 9.53 Å². The van der Waals surface area contributed by atoms with Gasteiger partial charge in [0.25, 0.3) is 0 Å². The highest BCUT2D eigenvalue weighted by molar-refractivity contribution is 14.1. The third-order valence-corrected chi connectivity index (χ3v) is 5.93. The second kappa shape index (κ2) is 8.87. The largest absolute Gasteiger partial charge is 0.426 e. The fourth-order valence-electron chi connectivity index (χ4n) is 2.49. The van der Waals surface area contributed by atoms with Crippen LogP contribution in [0.15, 0.2) is 66.7 Å². The molecule has 3 rings (SSSR count). The zero-order chi connectivity index (χ0) is 18.7. The molecule has 0 aliphatic rings. The van der Waals surface area contributed by atoms with E-state index >= 15 is 0 Å². The van der Waals surface area contributed by atoms with Crippen LogP contribution < -0.4 is 9.64 Å². The lowest BCUT2D eigenvalue weighted by atomic mass is 10.2. The molecule has 0 aliphatic heterocycles. The smallest absolute Gasteiger partial charge is 0.308 e. The lowest BCUT2D eigenvalue weighted by molar-refractivity contribution is -0.131. The summed E-state index contributed by atoms with van der Waals surface area (Å²) in [5, 5.41) is 0. The molecule has 26 heavy (non-hydrogen) atoms. The van der Waals surface area contributed by atoms with Crippen LogP contribution in [0.2, 0.25) is 0 Å². The molecule has 0 radical (unpaired) electrons. The molecule has 3 nitrogen and oxygen atoms in total. The van der Waals surface area contributed by atoms with E-state index in [1.54, 1.807) is 0 Å². The third-order valence-electron chi connectivity index (χ3n) is 3.60. The molecular formula is C20H14I3NO2. The number of nitrogens with zero attached hydrogens (tertiary/aromatic N) is 1. The monoisotopic (exact) mass is 681 g/mol. The molecule has 0 bridgehead atoms. The lowest BCUT2D eigenvalue weighted by Crippen LogP contribution is -2.11. The van der Waals surface area contributed by atoms with Gasteiger partial charge < -0.3 is 9.64 Å². The van der Waals surface area contributed by atoms with Crippen LogP contribution in [0.4, 0.5) is 17.1 Å². The zero-order valence-electron chi connectivity index (χ0n) is 13.7. The molecule has 0 N–H and O–H groups in total. The Balaban J connectivity index is 2.12. The Hall–Kier alpha value is -0.880. The first-order chi connectivity index (χ1) is 12.4. The van der Waals surface area contributed by atoms with E-state index in [2.05, 4.69) is 121 Å². The minimum absolute atomic E-state index is 0.324. The third kappa shape index (κ3) is 4.89. The highest BCUT2D eigenvalue weighted by Gasteiger charge is 2.15. The van der Waals surface area contributed by atoms with Crippen LogP contribution in [0.3, 0.4) is 0 Å². The van der Waals surface area contributed by atoms with Gasteiger partial charge in [0.2, 0.25) is 0 Å². The van der Waals surface area contributed by atoms with E-state index in [1.165, 1.54) is 14.1 Å². The van der Waals surface area contributed by atoms with Gasteiger partial charge in [0.05, 0.1) is 3.57 Å². The lowest BCUT2D eigenvalue weighted by Gasteiger charge is -2.26. The number of anilines is 3. The van der Waals surface area contributed by atoms with Crippen molar-refractivity contribution in [3.63, 3.8) is 0 Å². The molecule has 0 spiro atoms. The summed E-state index contributed by atoms with van der Waals surface area (Å²) in [5.41, 5.74) is 3.02. The van der Waals surface area contributed by atoms with Crippen LogP contribution in [-0.2, 0) is 4.79 Å². The Labute approximate surface area is 193 Å². The highest BCUT2D eigenvalue weighted by Crippen LogP contribution is 2.37. The molecule has 0 atom stereocenters. The van der Waals surface area contributed by atoms with E-state index in [-0.39, 0.29) is 5.97 Å². The molecule has 0 heterocycles. The van der Waals surface area contributed by atoms with E-state index < -0.39 is 0 Å². The van der Waals surface area contributed by atoms with E-state index in [0.29, 0.717) is 5.75 Å². The average Bonchev–Trinajstić information content (AvgIpc) is 2.61. The van der Waals surface area contributed by atoms with Crippen LogP contribution in [0.1, 0.15) is 6.92 Å². The highest BCUT2D eigenvalue weighted by atomic mass is 127. The van der Waals surface area contributed by atoms with Gasteiger partial charge in [0.1, 0.15) is 5.75 Å². The van der Waals surface area contributed by atoms with Gasteiger partial charge in [-0.1, -0.05) is 0 Å². The van der Waals surface area contributed by atoms with E-state index in [1.807, 2.05) is 18.2 Å². The Morgan fingerprint density at radius 3 is 1.69 bits per heavy atom. The number of carbonyl (C=O) groups excluding carboxylic acids is 1. The Morgan fingerprint density at radius 1 is 0.769 bits per heavy atom. The number of carbonyl (C=O) groups is 1. The van der Waals surface area contributed by atoms with Crippen LogP contribution in [0.25, 0.3) is 0 Å². The Bertz CT molecular complexity index is 879. The molecule has 0 unspecified atom stereocenters. The summed E-state index contributed by atoms with van der Waals surface area (Å²) < 4.78 is 8.62. The number of ether oxygens (including phenoxy) is 1. The summed E-state index contributed by atoms with van der Waals surface area (Å²) in [6, 6.07) is 22.6. The van der Waals surface area contributed by atoms with Crippen molar-refractivity contribution in [3.8, 4) is 5.75 Å². The molecular weight excluding hydrogens is 667 g/mol. The quantitative estimate of drug-likeness (QED) is 0.171. The molecule has 3 aromatic rings. The maximum absolute atomic E-state index is 11.4. The normalized spacial score (nSPS) is 10.5. The first-order valence-electron chi connectivity index (χ1n) is 7.73. The van der Waals surface area contributed by atoms with Crippen molar-refractivity contribution >= 4 is 90.8 Å². The molecule has 0 saturated heterocycles. The second-order valence-electron chi connectivity index (χ2n) is 5.50. The van der Waals surface area contributed by atoms with Crippen LogP contribution in [0, 0.1) is 10.7 Å². The van der Waals surface area contributed by atoms with Gasteiger partial charge in [-0.3, -0.25) is 4.79 Å². The average molecular weight is 681 g/mol. The van der Waals surface area contributed by atoms with Crippen molar-refractivity contribution in [2.24, 2.45) is 0 Å². The molecule has 0 saturated carbocycles. The summed E-state index contributed by atoms with van der Waals surface area (Å²) in [7, 11) is 0. The SMILES string of the molecule is CC(=O)Oc1cc(N(c2ccc(I)cc2)c2ccc(I)cc2)ccc1I. The van der Waals surface area contributed by atoms with Crippen molar-refractivity contribution in [2.45, 2.75) is 6.92 Å². The summed E-state index contributed by atoms with van der Waals surface area (Å²) in [6.07, 6.45) is 0. The van der Waals surface area contributed by atoms with Crippen molar-refractivity contribution in [2.75, 3.05) is 4.90 Å². The van der Waals surface area contributed by atoms with Gasteiger partial charge in [-0.2, -0.15) is 0 Å². The van der Waals surface area contributed by atoms with E-state index in [4.69, 9.17) is 4.74 Å². The number of halogens is 3. The summed E-state index contributed by atoms with van der Waals surface area (Å²) in [6.45, 7) is 1.42. The maximum Gasteiger partial charge on any atom is 0.308 e.